The van der Waals surface area contributed by atoms with E-state index in [1.54, 1.807) is 37.4 Å². The Morgan fingerprint density at radius 3 is 2.50 bits per heavy atom. The minimum Gasteiger partial charge on any atom is -0.496 e. The number of ether oxygens (including phenoxy) is 1. The summed E-state index contributed by atoms with van der Waals surface area (Å²) in [6, 6.07) is 9.46. The van der Waals surface area contributed by atoms with E-state index in [2.05, 4.69) is 15.3 Å². The van der Waals surface area contributed by atoms with Crippen molar-refractivity contribution in [2.45, 2.75) is 17.9 Å². The molecule has 0 aliphatic heterocycles. The highest BCUT2D eigenvalue weighted by atomic mass is 32.2. The van der Waals surface area contributed by atoms with Crippen molar-refractivity contribution >= 4 is 32.6 Å². The summed E-state index contributed by atoms with van der Waals surface area (Å²) in [6.07, 6.45) is 0.957. The third kappa shape index (κ3) is 3.74. The van der Waals surface area contributed by atoms with Gasteiger partial charge in [-0.2, -0.15) is 0 Å². The molecule has 0 radical (unpaired) electrons. The van der Waals surface area contributed by atoms with Crippen molar-refractivity contribution in [2.24, 2.45) is 5.14 Å². The number of aliphatic hydroxyl groups is 1. The normalized spacial score (nSPS) is 12.8. The second-order valence-corrected chi connectivity index (χ2v) is 7.28. The molecule has 26 heavy (non-hydrogen) atoms. The van der Waals surface area contributed by atoms with Crippen LogP contribution in [0.15, 0.2) is 47.5 Å². The van der Waals surface area contributed by atoms with Crippen LogP contribution in [0.25, 0.3) is 10.9 Å². The van der Waals surface area contributed by atoms with E-state index in [4.69, 9.17) is 9.88 Å². The van der Waals surface area contributed by atoms with Crippen molar-refractivity contribution in [1.82, 2.24) is 9.97 Å². The first-order valence-electron chi connectivity index (χ1n) is 7.70. The highest BCUT2D eigenvalue weighted by Crippen LogP contribution is 2.30. The van der Waals surface area contributed by atoms with Gasteiger partial charge in [-0.3, -0.25) is 0 Å². The Kier molecular flexibility index (Phi) is 4.77. The molecule has 8 nitrogen and oxygen atoms in total. The smallest absolute Gasteiger partial charge is 0.238 e. The second-order valence-electron chi connectivity index (χ2n) is 5.72. The molecule has 0 spiro atoms. The van der Waals surface area contributed by atoms with E-state index in [0.29, 0.717) is 28.5 Å². The molecule has 1 heterocycles. The zero-order valence-electron chi connectivity index (χ0n) is 14.2. The van der Waals surface area contributed by atoms with Crippen molar-refractivity contribution in [3.8, 4) is 5.75 Å². The fourth-order valence-corrected chi connectivity index (χ4v) is 3.01. The molecule has 136 valence electrons. The summed E-state index contributed by atoms with van der Waals surface area (Å²) in [7, 11) is -2.21. The van der Waals surface area contributed by atoms with Gasteiger partial charge in [0.25, 0.3) is 0 Å². The van der Waals surface area contributed by atoms with Gasteiger partial charge in [-0.05, 0) is 37.3 Å². The molecule has 0 amide bonds. The number of hydrogen-bond donors (Lipinski definition) is 3. The number of nitrogens with zero attached hydrogens (tertiary/aromatic N) is 2. The van der Waals surface area contributed by atoms with Crippen molar-refractivity contribution in [3.63, 3.8) is 0 Å². The quantitative estimate of drug-likeness (QED) is 0.624. The van der Waals surface area contributed by atoms with Gasteiger partial charge in [0.2, 0.25) is 16.0 Å². The summed E-state index contributed by atoms with van der Waals surface area (Å²) in [5.41, 5.74) is 1.91. The Labute approximate surface area is 150 Å². The van der Waals surface area contributed by atoms with E-state index in [1.165, 1.54) is 19.2 Å². The zero-order chi connectivity index (χ0) is 18.9. The Balaban J connectivity index is 1.92. The number of fused-ring (bicyclic) bond motifs is 1. The Morgan fingerprint density at radius 2 is 1.92 bits per heavy atom. The van der Waals surface area contributed by atoms with E-state index in [0.717, 1.165) is 5.39 Å². The number of nitrogens with one attached hydrogen (secondary N) is 1. The maximum Gasteiger partial charge on any atom is 0.238 e. The molecule has 3 rings (SSSR count). The number of primary sulfonamides is 1. The molecule has 0 fully saturated rings. The van der Waals surface area contributed by atoms with Crippen molar-refractivity contribution < 1.29 is 18.3 Å². The van der Waals surface area contributed by atoms with Crippen LogP contribution >= 0.6 is 0 Å². The van der Waals surface area contributed by atoms with Crippen LogP contribution in [0.2, 0.25) is 0 Å². The van der Waals surface area contributed by atoms with Crippen LogP contribution in [-0.2, 0) is 10.0 Å². The first-order valence-corrected chi connectivity index (χ1v) is 9.25. The van der Waals surface area contributed by atoms with E-state index >= 15 is 0 Å². The standard InChI is InChI=1S/C17H18N4O4S/c1-10(22)14-7-11-9-19-17(21-15(11)8-16(14)25-2)20-12-3-5-13(6-4-12)26(18,23)24/h3-10,22H,1-2H3,(H2,18,23,24)(H,19,20,21). The molecule has 2 aromatic carbocycles. The monoisotopic (exact) mass is 374 g/mol. The summed E-state index contributed by atoms with van der Waals surface area (Å²) in [4.78, 5) is 8.69. The van der Waals surface area contributed by atoms with Crippen LogP contribution in [-0.4, -0.2) is 30.6 Å². The summed E-state index contributed by atoms with van der Waals surface area (Å²) in [6.45, 7) is 1.66. The SMILES string of the molecule is COc1cc2nc(Nc3ccc(S(N)(=O)=O)cc3)ncc2cc1C(C)O. The topological polar surface area (TPSA) is 127 Å². The van der Waals surface area contributed by atoms with Gasteiger partial charge < -0.3 is 15.2 Å². The molecule has 1 unspecified atom stereocenters. The summed E-state index contributed by atoms with van der Waals surface area (Å²) in [5, 5.41) is 18.7. The van der Waals surface area contributed by atoms with Gasteiger partial charge in [0.1, 0.15) is 5.75 Å². The van der Waals surface area contributed by atoms with Crippen LogP contribution in [0.3, 0.4) is 0 Å². The molecular weight excluding hydrogens is 356 g/mol. The van der Waals surface area contributed by atoms with E-state index in [-0.39, 0.29) is 4.90 Å². The van der Waals surface area contributed by atoms with Gasteiger partial charge in [-0.1, -0.05) is 0 Å². The maximum atomic E-state index is 11.3. The van der Waals surface area contributed by atoms with Crippen LogP contribution in [0.5, 0.6) is 5.75 Å². The average molecular weight is 374 g/mol. The Hall–Kier alpha value is -2.75. The van der Waals surface area contributed by atoms with Gasteiger partial charge in [-0.25, -0.2) is 23.5 Å². The molecule has 0 aliphatic rings. The van der Waals surface area contributed by atoms with Gasteiger partial charge in [0.05, 0.1) is 23.6 Å². The number of sulfonamides is 1. The van der Waals surface area contributed by atoms with E-state index in [9.17, 15) is 13.5 Å². The number of aromatic nitrogens is 2. The molecule has 0 saturated carbocycles. The first-order chi connectivity index (χ1) is 12.3. The average Bonchev–Trinajstić information content (AvgIpc) is 2.60. The second kappa shape index (κ2) is 6.87. The summed E-state index contributed by atoms with van der Waals surface area (Å²) < 4.78 is 27.9. The minimum absolute atomic E-state index is 0.0258. The lowest BCUT2D eigenvalue weighted by molar-refractivity contribution is 0.194. The first kappa shape index (κ1) is 18.1. The number of rotatable bonds is 5. The van der Waals surface area contributed by atoms with Gasteiger partial charge >= 0.3 is 0 Å². The van der Waals surface area contributed by atoms with Gasteiger partial charge in [0, 0.05) is 28.9 Å². The molecule has 0 saturated heterocycles. The molecule has 0 bridgehead atoms. The van der Waals surface area contributed by atoms with Crippen LogP contribution in [0.1, 0.15) is 18.6 Å². The number of methoxy groups -OCH3 is 1. The predicted octanol–water partition coefficient (Wildman–Crippen LogP) is 2.08. The molecule has 1 aromatic heterocycles. The maximum absolute atomic E-state index is 11.3. The summed E-state index contributed by atoms with van der Waals surface area (Å²) >= 11 is 0. The fourth-order valence-electron chi connectivity index (χ4n) is 2.50. The molecular formula is C17H18N4O4S. The van der Waals surface area contributed by atoms with Crippen molar-refractivity contribution in [1.29, 1.82) is 0 Å². The van der Waals surface area contributed by atoms with Gasteiger partial charge in [0.15, 0.2) is 0 Å². The van der Waals surface area contributed by atoms with Crippen LogP contribution < -0.4 is 15.2 Å². The fraction of sp³-hybridized carbons (Fsp3) is 0.176. The predicted molar refractivity (Wildman–Crippen MR) is 97.8 cm³/mol. The largest absolute Gasteiger partial charge is 0.496 e. The molecule has 3 aromatic rings. The third-order valence-corrected chi connectivity index (χ3v) is 4.75. The molecule has 1 atom stereocenters. The minimum atomic E-state index is -3.73. The molecule has 4 N–H and O–H groups in total. The van der Waals surface area contributed by atoms with E-state index < -0.39 is 16.1 Å². The van der Waals surface area contributed by atoms with E-state index in [1.807, 2.05) is 0 Å². The zero-order valence-corrected chi connectivity index (χ0v) is 15.0. The number of nitrogens with two attached hydrogens (primary N) is 1. The number of benzene rings is 2. The third-order valence-electron chi connectivity index (χ3n) is 3.82. The number of hydrogen-bond acceptors (Lipinski definition) is 7. The van der Waals surface area contributed by atoms with Crippen LogP contribution in [0, 0.1) is 0 Å². The Morgan fingerprint density at radius 1 is 1.23 bits per heavy atom. The van der Waals surface area contributed by atoms with Crippen molar-refractivity contribution in [3.05, 3.63) is 48.2 Å². The van der Waals surface area contributed by atoms with Gasteiger partial charge in [-0.15, -0.1) is 0 Å². The van der Waals surface area contributed by atoms with Crippen LogP contribution in [0.4, 0.5) is 11.6 Å². The lowest BCUT2D eigenvalue weighted by Crippen LogP contribution is -2.11. The molecule has 9 heteroatoms. The molecule has 0 aliphatic carbocycles. The highest BCUT2D eigenvalue weighted by Gasteiger charge is 2.12. The Bertz CT molecular complexity index is 1050. The number of anilines is 2. The lowest BCUT2D eigenvalue weighted by atomic mass is 10.1. The number of aliphatic hydroxyl groups excluding tert-OH is 1. The summed E-state index contributed by atoms with van der Waals surface area (Å²) in [5.74, 6) is 0.877. The highest BCUT2D eigenvalue weighted by molar-refractivity contribution is 7.89. The van der Waals surface area contributed by atoms with Crippen molar-refractivity contribution in [2.75, 3.05) is 12.4 Å². The lowest BCUT2D eigenvalue weighted by Gasteiger charge is -2.13.